The maximum Gasteiger partial charge on any atom is 0.338 e. The normalized spacial score (nSPS) is 11.4. The second kappa shape index (κ2) is 8.93. The van der Waals surface area contributed by atoms with E-state index in [9.17, 15) is 18.8 Å². The van der Waals surface area contributed by atoms with Gasteiger partial charge in [0.05, 0.1) is 12.1 Å². The van der Waals surface area contributed by atoms with Crippen molar-refractivity contribution in [2.45, 2.75) is 20.0 Å². The quantitative estimate of drug-likeness (QED) is 0.791. The Labute approximate surface area is 156 Å². The zero-order valence-corrected chi connectivity index (χ0v) is 15.4. The van der Waals surface area contributed by atoms with Crippen molar-refractivity contribution in [3.05, 3.63) is 65.5 Å². The fourth-order valence-corrected chi connectivity index (χ4v) is 2.31. The highest BCUT2D eigenvalue weighted by molar-refractivity contribution is 5.96. The van der Waals surface area contributed by atoms with Crippen LogP contribution in [0.2, 0.25) is 0 Å². The molecule has 0 fully saturated rings. The number of likely N-dealkylation sites (N-methyl/N-ethyl adjacent to an activating group) is 1. The van der Waals surface area contributed by atoms with Gasteiger partial charge in [0.1, 0.15) is 5.82 Å². The molecule has 6 nitrogen and oxygen atoms in total. The number of nitrogens with zero attached hydrogens (tertiary/aromatic N) is 1. The van der Waals surface area contributed by atoms with Crippen LogP contribution < -0.4 is 5.32 Å². The van der Waals surface area contributed by atoms with Crippen LogP contribution in [0.4, 0.5) is 10.1 Å². The number of nitrogens with one attached hydrogen (secondary N) is 1. The molecule has 27 heavy (non-hydrogen) atoms. The molecule has 0 saturated carbocycles. The van der Waals surface area contributed by atoms with Crippen molar-refractivity contribution in [1.29, 1.82) is 0 Å². The number of hydrogen-bond acceptors (Lipinski definition) is 4. The Hall–Kier alpha value is -3.22. The van der Waals surface area contributed by atoms with Crippen LogP contribution in [-0.4, -0.2) is 42.4 Å². The molecule has 0 bridgehead atoms. The van der Waals surface area contributed by atoms with E-state index in [0.29, 0.717) is 5.69 Å². The summed E-state index contributed by atoms with van der Waals surface area (Å²) in [5.74, 6) is -2.11. The van der Waals surface area contributed by atoms with Gasteiger partial charge < -0.3 is 15.0 Å². The first-order valence-corrected chi connectivity index (χ1v) is 8.34. The molecule has 0 aliphatic carbocycles. The van der Waals surface area contributed by atoms with Gasteiger partial charge in [-0.05, 0) is 50.2 Å². The largest absolute Gasteiger partial charge is 0.449 e. The molecule has 0 aliphatic rings. The smallest absolute Gasteiger partial charge is 0.338 e. The average molecular weight is 372 g/mol. The number of esters is 1. The average Bonchev–Trinajstić information content (AvgIpc) is 2.63. The molecule has 2 amide bonds. The number of halogens is 1. The number of carbonyl (C=O) groups excluding carboxylic acids is 3. The summed E-state index contributed by atoms with van der Waals surface area (Å²) in [6.45, 7) is 3.16. The van der Waals surface area contributed by atoms with Crippen molar-refractivity contribution in [2.24, 2.45) is 0 Å². The zero-order chi connectivity index (χ0) is 20.0. The van der Waals surface area contributed by atoms with Gasteiger partial charge in [0.2, 0.25) is 5.91 Å². The number of rotatable bonds is 6. The highest BCUT2D eigenvalue weighted by Crippen LogP contribution is 2.10. The van der Waals surface area contributed by atoms with Crippen LogP contribution in [0.1, 0.15) is 22.8 Å². The highest BCUT2D eigenvalue weighted by atomic mass is 19.1. The molecule has 0 aliphatic heterocycles. The van der Waals surface area contributed by atoms with Crippen LogP contribution in [0.5, 0.6) is 0 Å². The van der Waals surface area contributed by atoms with E-state index >= 15 is 0 Å². The summed E-state index contributed by atoms with van der Waals surface area (Å²) in [7, 11) is 1.44. The van der Waals surface area contributed by atoms with Gasteiger partial charge in [-0.3, -0.25) is 9.59 Å². The zero-order valence-electron chi connectivity index (χ0n) is 15.4. The topological polar surface area (TPSA) is 75.7 Å². The molecule has 0 spiro atoms. The van der Waals surface area contributed by atoms with Crippen LogP contribution >= 0.6 is 0 Å². The summed E-state index contributed by atoms with van der Waals surface area (Å²) in [5, 5.41) is 2.69. The molecule has 0 heterocycles. The number of benzene rings is 2. The Kier molecular flexibility index (Phi) is 6.65. The van der Waals surface area contributed by atoms with Crippen molar-refractivity contribution in [3.8, 4) is 0 Å². The fourth-order valence-electron chi connectivity index (χ4n) is 2.31. The molecule has 0 saturated heterocycles. The Balaban J connectivity index is 1.87. The molecule has 1 atom stereocenters. The summed E-state index contributed by atoms with van der Waals surface area (Å²) in [6.07, 6.45) is -1.08. The molecule has 2 rings (SSSR count). The van der Waals surface area contributed by atoms with E-state index < -0.39 is 23.8 Å². The number of ether oxygens (including phenoxy) is 1. The Bertz CT molecular complexity index is 819. The minimum Gasteiger partial charge on any atom is -0.449 e. The summed E-state index contributed by atoms with van der Waals surface area (Å²) in [5.41, 5.74) is 1.83. The molecular weight excluding hydrogens is 351 g/mol. The number of carbonyl (C=O) groups is 3. The molecule has 0 unspecified atom stereocenters. The monoisotopic (exact) mass is 372 g/mol. The second-order valence-electron chi connectivity index (χ2n) is 6.16. The van der Waals surface area contributed by atoms with Crippen LogP contribution in [0.25, 0.3) is 0 Å². The standard InChI is InChI=1S/C20H21FN2O4/c1-13-4-10-17(11-5-13)22-18(24)12-23(3)19(25)14(2)27-20(26)15-6-8-16(21)9-7-15/h4-11,14H,12H2,1-3H3,(H,22,24)/t14-/m1/s1. The molecule has 1 N–H and O–H groups in total. The lowest BCUT2D eigenvalue weighted by Crippen LogP contribution is -2.41. The van der Waals surface area contributed by atoms with Crippen LogP contribution in [0.15, 0.2) is 48.5 Å². The lowest BCUT2D eigenvalue weighted by atomic mass is 10.2. The molecule has 142 valence electrons. The lowest BCUT2D eigenvalue weighted by Gasteiger charge is -2.21. The minimum atomic E-state index is -1.08. The van der Waals surface area contributed by atoms with Crippen molar-refractivity contribution in [1.82, 2.24) is 4.90 Å². The van der Waals surface area contributed by atoms with Crippen LogP contribution in [0, 0.1) is 12.7 Å². The molecule has 2 aromatic carbocycles. The third kappa shape index (κ3) is 5.91. The third-order valence-corrected chi connectivity index (χ3v) is 3.80. The summed E-state index contributed by atoms with van der Waals surface area (Å²) >= 11 is 0. The van der Waals surface area contributed by atoms with E-state index in [4.69, 9.17) is 4.74 Å². The van der Waals surface area contributed by atoms with Crippen molar-refractivity contribution in [2.75, 3.05) is 18.9 Å². The van der Waals surface area contributed by atoms with Crippen molar-refractivity contribution < 1.29 is 23.5 Å². The number of aryl methyl sites for hydroxylation is 1. The van der Waals surface area contributed by atoms with Gasteiger partial charge in [-0.25, -0.2) is 9.18 Å². The van der Waals surface area contributed by atoms with Gasteiger partial charge in [-0.2, -0.15) is 0 Å². The lowest BCUT2D eigenvalue weighted by molar-refractivity contribution is -0.140. The number of anilines is 1. The van der Waals surface area contributed by atoms with Gasteiger partial charge >= 0.3 is 5.97 Å². The van der Waals surface area contributed by atoms with Gasteiger partial charge in [-0.15, -0.1) is 0 Å². The maximum absolute atomic E-state index is 12.9. The molecule has 7 heteroatoms. The van der Waals surface area contributed by atoms with E-state index in [1.165, 1.54) is 31.0 Å². The predicted molar refractivity (Wildman–Crippen MR) is 98.7 cm³/mol. The summed E-state index contributed by atoms with van der Waals surface area (Å²) < 4.78 is 18.0. The fraction of sp³-hybridized carbons (Fsp3) is 0.250. The second-order valence-corrected chi connectivity index (χ2v) is 6.16. The molecule has 0 aromatic heterocycles. The molecule has 2 aromatic rings. The van der Waals surface area contributed by atoms with Crippen LogP contribution in [0.3, 0.4) is 0 Å². The van der Waals surface area contributed by atoms with E-state index in [1.54, 1.807) is 12.1 Å². The van der Waals surface area contributed by atoms with E-state index in [2.05, 4.69) is 5.32 Å². The summed E-state index contributed by atoms with van der Waals surface area (Å²) in [6, 6.07) is 12.1. The number of hydrogen-bond donors (Lipinski definition) is 1. The summed E-state index contributed by atoms with van der Waals surface area (Å²) in [4.78, 5) is 37.5. The first kappa shape index (κ1) is 20.1. The van der Waals surface area contributed by atoms with E-state index in [0.717, 1.165) is 17.7 Å². The third-order valence-electron chi connectivity index (χ3n) is 3.80. The Morgan fingerprint density at radius 1 is 1.07 bits per heavy atom. The SMILES string of the molecule is Cc1ccc(NC(=O)CN(C)C(=O)[C@@H](C)OC(=O)c2ccc(F)cc2)cc1. The van der Waals surface area contributed by atoms with E-state index in [-0.39, 0.29) is 18.0 Å². The van der Waals surface area contributed by atoms with Crippen molar-refractivity contribution >= 4 is 23.5 Å². The van der Waals surface area contributed by atoms with Gasteiger partial charge in [0.25, 0.3) is 5.91 Å². The first-order chi connectivity index (χ1) is 12.8. The Morgan fingerprint density at radius 3 is 2.26 bits per heavy atom. The van der Waals surface area contributed by atoms with Gasteiger partial charge in [0, 0.05) is 12.7 Å². The minimum absolute atomic E-state index is 0.135. The van der Waals surface area contributed by atoms with Crippen molar-refractivity contribution in [3.63, 3.8) is 0 Å². The predicted octanol–water partition coefficient (Wildman–Crippen LogP) is 2.78. The Morgan fingerprint density at radius 2 is 1.67 bits per heavy atom. The highest BCUT2D eigenvalue weighted by Gasteiger charge is 2.23. The van der Waals surface area contributed by atoms with Crippen LogP contribution in [-0.2, 0) is 14.3 Å². The first-order valence-electron chi connectivity index (χ1n) is 8.34. The van der Waals surface area contributed by atoms with Gasteiger partial charge in [-0.1, -0.05) is 17.7 Å². The molecule has 0 radical (unpaired) electrons. The van der Waals surface area contributed by atoms with Gasteiger partial charge in [0.15, 0.2) is 6.10 Å². The number of amides is 2. The van der Waals surface area contributed by atoms with E-state index in [1.807, 2.05) is 19.1 Å². The maximum atomic E-state index is 12.9. The molecular formula is C20H21FN2O4.